The summed E-state index contributed by atoms with van der Waals surface area (Å²) in [6.07, 6.45) is 2.84. The van der Waals surface area contributed by atoms with Gasteiger partial charge < -0.3 is 14.5 Å². The topological polar surface area (TPSA) is 72.8 Å². The van der Waals surface area contributed by atoms with Crippen LogP contribution in [0.2, 0.25) is 18.1 Å². The fourth-order valence-corrected chi connectivity index (χ4v) is 7.35. The average Bonchev–Trinajstić information content (AvgIpc) is 2.92. The first-order chi connectivity index (χ1) is 18.9. The zero-order valence-corrected chi connectivity index (χ0v) is 25.7. The van der Waals surface area contributed by atoms with Crippen molar-refractivity contribution in [3.8, 4) is 11.6 Å². The van der Waals surface area contributed by atoms with E-state index in [2.05, 4.69) is 44.2 Å². The number of nitrogens with zero attached hydrogens (tertiary/aromatic N) is 2. The molecule has 5 rings (SSSR count). The predicted molar refractivity (Wildman–Crippen MR) is 161 cm³/mol. The molecule has 2 atom stereocenters. The molecule has 0 spiro atoms. The highest BCUT2D eigenvalue weighted by Crippen LogP contribution is 2.51. The maximum Gasteiger partial charge on any atom is 0.257 e. The normalized spacial score (nSPS) is 20.6. The summed E-state index contributed by atoms with van der Waals surface area (Å²) in [7, 11) is -0.578. The Labute approximate surface area is 240 Å². The van der Waals surface area contributed by atoms with Crippen molar-refractivity contribution in [2.45, 2.75) is 57.3 Å². The molecule has 210 valence electrons. The number of ether oxygens (including phenoxy) is 1. The first kappa shape index (κ1) is 28.4. The van der Waals surface area contributed by atoms with Crippen LogP contribution in [0.15, 0.2) is 65.8 Å². The van der Waals surface area contributed by atoms with Crippen LogP contribution >= 0.6 is 11.8 Å². The number of amides is 1. The number of halogens is 1. The van der Waals surface area contributed by atoms with E-state index in [1.54, 1.807) is 31.5 Å². The lowest BCUT2D eigenvalue weighted by Gasteiger charge is -2.45. The number of hydrogen-bond donors (Lipinski definition) is 1. The van der Waals surface area contributed by atoms with Gasteiger partial charge in [0.25, 0.3) is 5.91 Å². The highest BCUT2D eigenvalue weighted by Gasteiger charge is 2.49. The van der Waals surface area contributed by atoms with Crippen molar-refractivity contribution in [3.05, 3.63) is 88.9 Å². The van der Waals surface area contributed by atoms with Crippen molar-refractivity contribution >= 4 is 31.2 Å². The number of carbonyl (C=O) groups is 1. The van der Waals surface area contributed by atoms with Gasteiger partial charge in [0, 0.05) is 41.0 Å². The van der Waals surface area contributed by atoms with Gasteiger partial charge in [-0.3, -0.25) is 4.79 Å². The Morgan fingerprint density at radius 1 is 1.15 bits per heavy atom. The number of thioether (sulfide) groups is 1. The molecular formula is C31H36FN3O3SSi. The van der Waals surface area contributed by atoms with Crippen molar-refractivity contribution in [2.24, 2.45) is 10.9 Å². The molecule has 40 heavy (non-hydrogen) atoms. The number of carbonyl (C=O) groups excluding carboxylic acids is 1. The molecule has 2 aliphatic rings. The summed E-state index contributed by atoms with van der Waals surface area (Å²) in [6.45, 7) is 10.9. The third-order valence-corrected chi connectivity index (χ3v) is 13.9. The molecule has 1 amide bonds. The maximum absolute atomic E-state index is 15.9. The fraction of sp³-hybridized carbons (Fsp3) is 0.387. The van der Waals surface area contributed by atoms with Crippen LogP contribution in [0.4, 0.5) is 4.39 Å². The van der Waals surface area contributed by atoms with E-state index in [1.807, 2.05) is 30.3 Å². The van der Waals surface area contributed by atoms with Crippen LogP contribution in [0.3, 0.4) is 0 Å². The number of hydrogen-bond acceptors (Lipinski definition) is 6. The number of rotatable bonds is 5. The quantitative estimate of drug-likeness (QED) is 0.340. The van der Waals surface area contributed by atoms with Crippen molar-refractivity contribution < 1.29 is 18.3 Å². The fourth-order valence-electron chi connectivity index (χ4n) is 5.18. The molecule has 0 fully saturated rings. The monoisotopic (exact) mass is 577 g/mol. The van der Waals surface area contributed by atoms with Gasteiger partial charge in [-0.15, -0.1) is 0 Å². The molecule has 0 saturated heterocycles. The Balaban J connectivity index is 1.63. The smallest absolute Gasteiger partial charge is 0.257 e. The largest absolute Gasteiger partial charge is 0.543 e. The number of aromatic nitrogens is 1. The van der Waals surface area contributed by atoms with Crippen LogP contribution in [0.1, 0.15) is 47.8 Å². The van der Waals surface area contributed by atoms with Gasteiger partial charge in [0.15, 0.2) is 5.17 Å². The summed E-state index contributed by atoms with van der Waals surface area (Å²) in [4.78, 5) is 22.7. The number of pyridine rings is 1. The van der Waals surface area contributed by atoms with Crippen molar-refractivity contribution in [1.29, 1.82) is 0 Å². The van der Waals surface area contributed by atoms with Gasteiger partial charge >= 0.3 is 0 Å². The highest BCUT2D eigenvalue weighted by molar-refractivity contribution is 8.13. The van der Waals surface area contributed by atoms with Crippen molar-refractivity contribution in [3.63, 3.8) is 0 Å². The third kappa shape index (κ3) is 5.29. The van der Waals surface area contributed by atoms with Gasteiger partial charge in [0.2, 0.25) is 14.2 Å². The summed E-state index contributed by atoms with van der Waals surface area (Å²) < 4.78 is 28.2. The summed E-state index contributed by atoms with van der Waals surface area (Å²) in [5, 5.41) is 3.45. The summed E-state index contributed by atoms with van der Waals surface area (Å²) >= 11 is 1.50. The lowest BCUT2D eigenvalue weighted by molar-refractivity contribution is 0.0977. The number of methoxy groups -OCH3 is 1. The molecule has 1 aliphatic heterocycles. The summed E-state index contributed by atoms with van der Waals surface area (Å²) in [6, 6.07) is 16.1. The van der Waals surface area contributed by atoms with E-state index in [9.17, 15) is 4.79 Å². The number of fused-ring (bicyclic) bond motifs is 2. The number of benzene rings is 2. The zero-order chi connectivity index (χ0) is 28.7. The van der Waals surface area contributed by atoms with Crippen LogP contribution in [-0.2, 0) is 18.4 Å². The maximum atomic E-state index is 15.9. The van der Waals surface area contributed by atoms with Crippen LogP contribution in [0.5, 0.6) is 11.6 Å². The van der Waals surface area contributed by atoms with E-state index >= 15 is 4.39 Å². The predicted octanol–water partition coefficient (Wildman–Crippen LogP) is 6.76. The minimum atomic E-state index is -2.18. The summed E-state index contributed by atoms with van der Waals surface area (Å²) in [5.41, 5.74) is 2.09. The summed E-state index contributed by atoms with van der Waals surface area (Å²) in [5.74, 6) is 1.24. The average molecular weight is 578 g/mol. The third-order valence-electron chi connectivity index (χ3n) is 8.46. The Bertz CT molecular complexity index is 1460. The molecule has 0 saturated carbocycles. The van der Waals surface area contributed by atoms with Gasteiger partial charge in [0.05, 0.1) is 12.6 Å². The number of nitrogens with one attached hydrogen (secondary N) is 1. The minimum absolute atomic E-state index is 0.00731. The standard InChI is InChI=1S/C31H36FN3O3SSi/c1-30(2,3)40(5,6)38-23-12-13-26(32)25(17-23)31-18-24-21(14-15-33-28(24)37-4)16-22(31)19-39-29(35-31)34-27(36)20-10-8-7-9-11-20/h7-15,17,22H,16,18-19H2,1-6H3,(H,34,35,36)/t22-,31-/m0/s1. The Morgan fingerprint density at radius 3 is 2.60 bits per heavy atom. The first-order valence-electron chi connectivity index (χ1n) is 13.5. The van der Waals surface area contributed by atoms with Crippen LogP contribution in [0.25, 0.3) is 0 Å². The first-order valence-corrected chi connectivity index (χ1v) is 17.4. The Hall–Kier alpha value is -3.17. The molecule has 3 aromatic rings. The molecule has 6 nitrogen and oxygen atoms in total. The molecule has 1 aromatic heterocycles. The van der Waals surface area contributed by atoms with Crippen LogP contribution in [-0.4, -0.2) is 37.2 Å². The second-order valence-corrected chi connectivity index (χ2v) is 17.7. The van der Waals surface area contributed by atoms with Crippen LogP contribution < -0.4 is 14.5 Å². The van der Waals surface area contributed by atoms with Gasteiger partial charge in [-0.25, -0.2) is 14.4 Å². The lowest BCUT2D eigenvalue weighted by Crippen LogP contribution is -2.48. The molecule has 1 aliphatic carbocycles. The van der Waals surface area contributed by atoms with E-state index in [-0.39, 0.29) is 22.7 Å². The molecule has 0 radical (unpaired) electrons. The van der Waals surface area contributed by atoms with Crippen molar-refractivity contribution in [2.75, 3.05) is 12.9 Å². The second-order valence-electron chi connectivity index (χ2n) is 12.0. The Kier molecular flexibility index (Phi) is 7.56. The van der Waals surface area contributed by atoms with E-state index in [4.69, 9.17) is 14.2 Å². The van der Waals surface area contributed by atoms with E-state index in [1.165, 1.54) is 17.8 Å². The second kappa shape index (κ2) is 10.7. The Morgan fingerprint density at radius 2 is 1.90 bits per heavy atom. The molecule has 2 aromatic carbocycles. The molecule has 2 heterocycles. The van der Waals surface area contributed by atoms with Gasteiger partial charge in [-0.05, 0) is 66.5 Å². The minimum Gasteiger partial charge on any atom is -0.543 e. The molecule has 0 bridgehead atoms. The van der Waals surface area contributed by atoms with E-state index in [0.717, 1.165) is 11.1 Å². The molecule has 9 heteroatoms. The van der Waals surface area contributed by atoms with Gasteiger partial charge in [-0.2, -0.15) is 0 Å². The van der Waals surface area contributed by atoms with E-state index in [0.29, 0.717) is 46.5 Å². The van der Waals surface area contributed by atoms with Gasteiger partial charge in [0.1, 0.15) is 11.6 Å². The number of amidine groups is 1. The molecule has 0 unspecified atom stereocenters. The van der Waals surface area contributed by atoms with Crippen molar-refractivity contribution in [1.82, 2.24) is 10.3 Å². The SMILES string of the molecule is COc1nccc2c1C[C@]1(c3cc(O[Si](C)(C)C(C)(C)C)ccc3F)N=C(NC(=O)c3ccccc3)SC[C@@H]1C2. The zero-order valence-electron chi connectivity index (χ0n) is 23.9. The number of aliphatic imine (C=N–C) groups is 1. The van der Waals surface area contributed by atoms with E-state index < -0.39 is 13.9 Å². The highest BCUT2D eigenvalue weighted by atomic mass is 32.2. The lowest BCUT2D eigenvalue weighted by atomic mass is 9.67. The molecular weight excluding hydrogens is 542 g/mol. The van der Waals surface area contributed by atoms with Gasteiger partial charge in [-0.1, -0.05) is 50.7 Å². The molecule has 1 N–H and O–H groups in total. The van der Waals surface area contributed by atoms with Crippen LogP contribution in [0, 0.1) is 11.7 Å².